The van der Waals surface area contributed by atoms with Crippen molar-refractivity contribution in [3.63, 3.8) is 0 Å². The van der Waals surface area contributed by atoms with Gasteiger partial charge >= 0.3 is 0 Å². The topological polar surface area (TPSA) is 27.7 Å². The van der Waals surface area contributed by atoms with E-state index in [1.165, 1.54) is 0 Å². The first-order chi connectivity index (χ1) is 12.4. The van der Waals surface area contributed by atoms with Gasteiger partial charge in [-0.1, -0.05) is 60.7 Å². The summed E-state index contributed by atoms with van der Waals surface area (Å²) in [4.78, 5) is 0. The Morgan fingerprint density at radius 3 is 2.04 bits per heavy atom. The third-order valence-corrected chi connectivity index (χ3v) is 4.18. The minimum Gasteiger partial charge on any atom is -0.485 e. The van der Waals surface area contributed by atoms with Crippen molar-refractivity contribution >= 4 is 0 Å². The highest BCUT2D eigenvalue weighted by Gasteiger charge is 2.18. The van der Waals surface area contributed by atoms with E-state index < -0.39 is 0 Å². The van der Waals surface area contributed by atoms with E-state index >= 15 is 0 Å². The molecule has 1 aliphatic heterocycles. The van der Waals surface area contributed by atoms with Gasteiger partial charge in [-0.05, 0) is 28.8 Å². The van der Waals surface area contributed by atoms with E-state index in [2.05, 4.69) is 30.3 Å². The average Bonchev–Trinajstić information content (AvgIpc) is 2.67. The standard InChI is InChI=1S/C22H20O3/c1-3-7-17(8-4-1)14-24-21-12-19-11-20(16-23-13-19)22(21)25-15-18-9-5-2-6-10-18/h1-12H,13-16H2. The molecule has 0 atom stereocenters. The number of fused-ring (bicyclic) bond motifs is 2. The smallest absolute Gasteiger partial charge is 0.167 e. The van der Waals surface area contributed by atoms with Crippen molar-refractivity contribution in [2.24, 2.45) is 0 Å². The molecule has 3 aromatic rings. The predicted octanol–water partition coefficient (Wildman–Crippen LogP) is 4.87. The molecule has 0 amide bonds. The fourth-order valence-corrected chi connectivity index (χ4v) is 2.93. The molecular formula is C22H20O3. The Labute approximate surface area is 147 Å². The van der Waals surface area contributed by atoms with Crippen LogP contribution < -0.4 is 9.47 Å². The normalized spacial score (nSPS) is 12.6. The summed E-state index contributed by atoms with van der Waals surface area (Å²) in [6.45, 7) is 2.20. The van der Waals surface area contributed by atoms with Gasteiger partial charge in [0, 0.05) is 5.56 Å². The zero-order valence-corrected chi connectivity index (χ0v) is 14.0. The second-order valence-corrected chi connectivity index (χ2v) is 6.12. The maximum Gasteiger partial charge on any atom is 0.167 e. The highest BCUT2D eigenvalue weighted by atomic mass is 16.5. The monoisotopic (exact) mass is 332 g/mol. The van der Waals surface area contributed by atoms with E-state index in [1.807, 2.05) is 42.5 Å². The third-order valence-electron chi connectivity index (χ3n) is 4.18. The Hall–Kier alpha value is -2.78. The minimum atomic E-state index is 0.509. The Balaban J connectivity index is 1.55. The number of rotatable bonds is 6. The molecule has 0 radical (unpaired) electrons. The van der Waals surface area contributed by atoms with Crippen molar-refractivity contribution in [2.45, 2.75) is 26.4 Å². The highest BCUT2D eigenvalue weighted by Crippen LogP contribution is 2.37. The van der Waals surface area contributed by atoms with Crippen molar-refractivity contribution in [2.75, 3.05) is 0 Å². The maximum absolute atomic E-state index is 6.12. The molecule has 2 bridgehead atoms. The van der Waals surface area contributed by atoms with Gasteiger partial charge in [0.2, 0.25) is 0 Å². The van der Waals surface area contributed by atoms with Gasteiger partial charge in [0.05, 0.1) is 13.2 Å². The van der Waals surface area contributed by atoms with Crippen molar-refractivity contribution in [3.05, 3.63) is 95.1 Å². The Bertz CT molecular complexity index is 829. The molecule has 3 heteroatoms. The molecule has 3 nitrogen and oxygen atoms in total. The van der Waals surface area contributed by atoms with Crippen LogP contribution in [0.25, 0.3) is 0 Å². The second-order valence-electron chi connectivity index (χ2n) is 6.12. The van der Waals surface area contributed by atoms with Gasteiger partial charge in [-0.3, -0.25) is 0 Å². The molecule has 0 saturated heterocycles. The lowest BCUT2D eigenvalue weighted by Gasteiger charge is -2.21. The summed E-state index contributed by atoms with van der Waals surface area (Å²) in [5, 5.41) is 0. The summed E-state index contributed by atoms with van der Waals surface area (Å²) in [5.41, 5.74) is 4.43. The van der Waals surface area contributed by atoms with E-state index in [4.69, 9.17) is 14.2 Å². The average molecular weight is 332 g/mol. The van der Waals surface area contributed by atoms with Crippen LogP contribution in [-0.4, -0.2) is 0 Å². The molecule has 1 heterocycles. The lowest BCUT2D eigenvalue weighted by molar-refractivity contribution is 0.0944. The Morgan fingerprint density at radius 1 is 0.720 bits per heavy atom. The van der Waals surface area contributed by atoms with Crippen molar-refractivity contribution in [1.82, 2.24) is 0 Å². The molecule has 0 aliphatic carbocycles. The zero-order chi connectivity index (χ0) is 16.9. The van der Waals surface area contributed by atoms with E-state index in [1.54, 1.807) is 0 Å². The summed E-state index contributed by atoms with van der Waals surface area (Å²) < 4.78 is 17.8. The second kappa shape index (κ2) is 7.41. The van der Waals surface area contributed by atoms with Gasteiger partial charge in [0.15, 0.2) is 11.5 Å². The van der Waals surface area contributed by atoms with Gasteiger partial charge in [0.25, 0.3) is 0 Å². The van der Waals surface area contributed by atoms with Crippen LogP contribution in [0.2, 0.25) is 0 Å². The SMILES string of the molecule is c1ccc(COc2cc3cc(c2OCc2ccccc2)COC3)cc1. The Morgan fingerprint density at radius 2 is 1.36 bits per heavy atom. The van der Waals surface area contributed by atoms with Crippen LogP contribution in [0.1, 0.15) is 22.3 Å². The largest absolute Gasteiger partial charge is 0.485 e. The summed E-state index contributed by atoms with van der Waals surface area (Å²) in [5.74, 6) is 1.57. The van der Waals surface area contributed by atoms with Crippen LogP contribution in [0.15, 0.2) is 72.8 Å². The fraction of sp³-hybridized carbons (Fsp3) is 0.182. The maximum atomic E-state index is 6.12. The van der Waals surface area contributed by atoms with E-state index in [-0.39, 0.29) is 0 Å². The molecule has 0 N–H and O–H groups in total. The van der Waals surface area contributed by atoms with Crippen molar-refractivity contribution < 1.29 is 14.2 Å². The van der Waals surface area contributed by atoms with Crippen molar-refractivity contribution in [1.29, 1.82) is 0 Å². The number of hydrogen-bond acceptors (Lipinski definition) is 3. The van der Waals surface area contributed by atoms with Crippen LogP contribution in [0.4, 0.5) is 0 Å². The Kier molecular flexibility index (Phi) is 4.66. The molecule has 4 rings (SSSR count). The third kappa shape index (κ3) is 3.83. The highest BCUT2D eigenvalue weighted by molar-refractivity contribution is 5.50. The van der Waals surface area contributed by atoms with Crippen LogP contribution in [-0.2, 0) is 31.2 Å². The molecule has 0 fully saturated rings. The molecule has 25 heavy (non-hydrogen) atoms. The molecule has 1 aliphatic rings. The van der Waals surface area contributed by atoms with Crippen LogP contribution >= 0.6 is 0 Å². The van der Waals surface area contributed by atoms with E-state index in [9.17, 15) is 0 Å². The fourth-order valence-electron chi connectivity index (χ4n) is 2.93. The number of ether oxygens (including phenoxy) is 3. The number of benzene rings is 3. The van der Waals surface area contributed by atoms with E-state index in [0.29, 0.717) is 26.4 Å². The van der Waals surface area contributed by atoms with Crippen molar-refractivity contribution in [3.8, 4) is 11.5 Å². The van der Waals surface area contributed by atoms with Gasteiger partial charge in [-0.25, -0.2) is 0 Å². The molecule has 0 aromatic heterocycles. The van der Waals surface area contributed by atoms with Gasteiger partial charge in [-0.15, -0.1) is 0 Å². The first-order valence-electron chi connectivity index (χ1n) is 8.45. The molecule has 0 unspecified atom stereocenters. The summed E-state index contributed by atoms with van der Waals surface area (Å²) in [6.07, 6.45) is 0. The minimum absolute atomic E-state index is 0.509. The molecule has 126 valence electrons. The summed E-state index contributed by atoms with van der Waals surface area (Å²) >= 11 is 0. The molecular weight excluding hydrogens is 312 g/mol. The van der Waals surface area contributed by atoms with Crippen LogP contribution in [0.3, 0.4) is 0 Å². The lowest BCUT2D eigenvalue weighted by atomic mass is 10.1. The molecule has 0 spiro atoms. The van der Waals surface area contributed by atoms with Crippen LogP contribution in [0.5, 0.6) is 11.5 Å². The van der Waals surface area contributed by atoms with Gasteiger partial charge in [-0.2, -0.15) is 0 Å². The lowest BCUT2D eigenvalue weighted by Crippen LogP contribution is -2.09. The first-order valence-corrected chi connectivity index (χ1v) is 8.45. The molecule has 0 saturated carbocycles. The molecule has 3 aromatic carbocycles. The summed E-state index contributed by atoms with van der Waals surface area (Å²) in [7, 11) is 0. The zero-order valence-electron chi connectivity index (χ0n) is 14.0. The van der Waals surface area contributed by atoms with Crippen LogP contribution in [0, 0.1) is 0 Å². The predicted molar refractivity (Wildman–Crippen MR) is 96.5 cm³/mol. The quantitative estimate of drug-likeness (QED) is 0.644. The van der Waals surface area contributed by atoms with Gasteiger partial charge < -0.3 is 14.2 Å². The first kappa shape index (κ1) is 15.7. The number of hydrogen-bond donors (Lipinski definition) is 0. The van der Waals surface area contributed by atoms with Gasteiger partial charge in [0.1, 0.15) is 13.2 Å². The van der Waals surface area contributed by atoms with E-state index in [0.717, 1.165) is 33.8 Å². The summed E-state index contributed by atoms with van der Waals surface area (Å²) in [6, 6.07) is 24.5.